The van der Waals surface area contributed by atoms with Gasteiger partial charge in [-0.05, 0) is 25.7 Å². The number of hydrogen-bond acceptors (Lipinski definition) is 8. The highest BCUT2D eigenvalue weighted by molar-refractivity contribution is 8.13. The Hall–Kier alpha value is -1.78. The Kier molecular flexibility index (Phi) is 5.93. The Morgan fingerprint density at radius 3 is 2.16 bits per heavy atom. The number of alkyl carbamates (subject to hydrolysis) is 1. The predicted molar refractivity (Wildman–Crippen MR) is 90.3 cm³/mol. The molecule has 184 valence electrons. The van der Waals surface area contributed by atoms with Crippen LogP contribution in [0.25, 0.3) is 0 Å². The Morgan fingerprint density at radius 2 is 1.66 bits per heavy atom. The van der Waals surface area contributed by atoms with Crippen LogP contribution >= 0.6 is 0 Å². The minimum Gasteiger partial charge on any atom is -0.460 e. The fourth-order valence-electron chi connectivity index (χ4n) is 4.41. The van der Waals surface area contributed by atoms with E-state index >= 15 is 0 Å². The second-order valence-corrected chi connectivity index (χ2v) is 11.9. The van der Waals surface area contributed by atoms with Gasteiger partial charge in [0.25, 0.3) is 0 Å². The number of carbonyl (C=O) groups is 2. The molecule has 6 unspecified atom stereocenters. The molecule has 0 aromatic rings. The summed E-state index contributed by atoms with van der Waals surface area (Å²) in [6.45, 7) is 0.726. The molecule has 3 aliphatic rings. The van der Waals surface area contributed by atoms with Crippen molar-refractivity contribution in [2.24, 2.45) is 17.8 Å². The maximum Gasteiger partial charge on any atom is 0.469 e. The number of carbonyl (C=O) groups excluding carboxylic acids is 2. The van der Waals surface area contributed by atoms with Crippen LogP contribution in [0.5, 0.6) is 0 Å². The van der Waals surface area contributed by atoms with Crippen LogP contribution in [0.15, 0.2) is 0 Å². The van der Waals surface area contributed by atoms with E-state index in [0.717, 1.165) is 6.92 Å². The number of fused-ring (bicyclic) bond motifs is 1. The van der Waals surface area contributed by atoms with E-state index in [-0.39, 0.29) is 17.8 Å². The van der Waals surface area contributed by atoms with Gasteiger partial charge in [-0.2, -0.15) is 26.3 Å². The van der Waals surface area contributed by atoms with Crippen LogP contribution in [0.4, 0.5) is 31.1 Å². The van der Waals surface area contributed by atoms with E-state index < -0.39 is 72.0 Å². The topological polar surface area (TPSA) is 133 Å². The summed E-state index contributed by atoms with van der Waals surface area (Å²) < 4.78 is 130. The summed E-state index contributed by atoms with van der Waals surface area (Å²) in [4.78, 5) is 23.8. The number of amides is 1. The molecule has 3 rings (SSSR count). The highest BCUT2D eigenvalue weighted by atomic mass is 32.3. The molecule has 3 fully saturated rings. The average Bonchev–Trinajstić information content (AvgIpc) is 3.22. The van der Waals surface area contributed by atoms with Gasteiger partial charge in [-0.1, -0.05) is 4.58 Å². The Labute approximate surface area is 177 Å². The molecule has 1 saturated heterocycles. The van der Waals surface area contributed by atoms with E-state index in [2.05, 4.69) is 10.1 Å². The minimum atomic E-state index is -6.91. The van der Waals surface area contributed by atoms with E-state index in [1.165, 1.54) is 0 Å². The average molecular weight is 516 g/mol. The number of rotatable bonds is 6. The summed E-state index contributed by atoms with van der Waals surface area (Å²) in [6, 6.07) is -0.705. The fourth-order valence-corrected chi connectivity index (χ4v) is 7.55. The minimum absolute atomic E-state index is 0.135. The zero-order valence-corrected chi connectivity index (χ0v) is 17.6. The van der Waals surface area contributed by atoms with Crippen LogP contribution in [0, 0.1) is 22.3 Å². The Morgan fingerprint density at radius 1 is 1.12 bits per heavy atom. The molecule has 2 bridgehead atoms. The highest BCUT2D eigenvalue weighted by Crippen LogP contribution is 2.54. The lowest BCUT2D eigenvalue weighted by atomic mass is 9.87. The Balaban J connectivity index is 1.71. The van der Waals surface area contributed by atoms with Gasteiger partial charge in [0.2, 0.25) is 0 Å². The molecule has 0 aromatic carbocycles. The van der Waals surface area contributed by atoms with Gasteiger partial charge in [0.05, 0.1) is 18.1 Å². The lowest BCUT2D eigenvalue weighted by molar-refractivity contribution is -0.143. The van der Waals surface area contributed by atoms with Crippen LogP contribution in [-0.2, 0) is 33.9 Å². The van der Waals surface area contributed by atoms with Crippen LogP contribution < -0.4 is 5.32 Å². The molecule has 1 amide bonds. The van der Waals surface area contributed by atoms with Gasteiger partial charge in [0, 0.05) is 5.92 Å². The number of sulfone groups is 2. The third kappa shape index (κ3) is 4.01. The first-order chi connectivity index (χ1) is 14.4. The van der Waals surface area contributed by atoms with E-state index in [0.29, 0.717) is 12.8 Å². The molecule has 17 heteroatoms. The second kappa shape index (κ2) is 7.63. The van der Waals surface area contributed by atoms with E-state index in [1.807, 2.05) is 0 Å². The third-order valence-corrected chi connectivity index (χ3v) is 9.81. The fraction of sp³-hybridized carbons (Fsp3) is 0.800. The molecular formula is C15H16F6NO8S2-. The van der Waals surface area contributed by atoms with Crippen molar-refractivity contribution >= 4 is 31.7 Å². The first-order valence-electron chi connectivity index (χ1n) is 9.04. The van der Waals surface area contributed by atoms with Crippen LogP contribution in [0.2, 0.25) is 0 Å². The largest absolute Gasteiger partial charge is 0.469 e. The number of esters is 1. The molecule has 0 radical (unpaired) electrons. The van der Waals surface area contributed by atoms with Crippen molar-refractivity contribution in [2.45, 2.75) is 55.5 Å². The Bertz CT molecular complexity index is 964. The number of ether oxygens (including phenoxy) is 2. The van der Waals surface area contributed by atoms with Crippen molar-refractivity contribution in [1.82, 2.24) is 5.32 Å². The summed E-state index contributed by atoms with van der Waals surface area (Å²) in [7, 11) is -13.8. The van der Waals surface area contributed by atoms with Crippen LogP contribution in [0.1, 0.15) is 26.2 Å². The summed E-state index contributed by atoms with van der Waals surface area (Å²) >= 11 is 0. The molecule has 32 heavy (non-hydrogen) atoms. The van der Waals surface area contributed by atoms with Gasteiger partial charge in [-0.15, -0.1) is 6.42 Å². The van der Waals surface area contributed by atoms with Crippen molar-refractivity contribution in [1.29, 1.82) is 0 Å². The van der Waals surface area contributed by atoms with Gasteiger partial charge < -0.3 is 14.8 Å². The third-order valence-electron chi connectivity index (χ3n) is 5.74. The summed E-state index contributed by atoms with van der Waals surface area (Å²) in [5.41, 5.74) is -12.7. The van der Waals surface area contributed by atoms with Gasteiger partial charge in [-0.3, -0.25) is 21.6 Å². The molecule has 2 aliphatic carbocycles. The van der Waals surface area contributed by atoms with E-state index in [1.54, 1.807) is 0 Å². The first-order valence-corrected chi connectivity index (χ1v) is 12.0. The second-order valence-electron chi connectivity index (χ2n) is 7.76. The number of nitrogens with one attached hydrogen (secondary N) is 1. The lowest BCUT2D eigenvalue weighted by Crippen LogP contribution is -2.47. The molecule has 2 saturated carbocycles. The van der Waals surface area contributed by atoms with Crippen molar-refractivity contribution in [3.63, 3.8) is 0 Å². The zero-order valence-electron chi connectivity index (χ0n) is 15.9. The van der Waals surface area contributed by atoms with Gasteiger partial charge in [0.15, 0.2) is 0 Å². The summed E-state index contributed by atoms with van der Waals surface area (Å²) in [5.74, 6) is -1.02. The monoisotopic (exact) mass is 516 g/mol. The molecule has 9 nitrogen and oxygen atoms in total. The van der Waals surface area contributed by atoms with Gasteiger partial charge in [0.1, 0.15) is 25.8 Å². The molecule has 1 aliphatic heterocycles. The van der Waals surface area contributed by atoms with Crippen molar-refractivity contribution in [3.8, 4) is 0 Å². The van der Waals surface area contributed by atoms with Crippen LogP contribution in [-0.4, -0.2) is 58.2 Å². The SMILES string of the molecule is CC(C[C-](S(=O)(=O)C(F)(F)F)S(=O)(=O)C(F)(F)F)OC(=O)NC1C2CC3C(=O)OC1C3C2. The maximum atomic E-state index is 12.8. The van der Waals surface area contributed by atoms with Crippen molar-refractivity contribution < 1.29 is 62.2 Å². The molecule has 0 spiro atoms. The van der Waals surface area contributed by atoms with Crippen molar-refractivity contribution in [2.75, 3.05) is 0 Å². The first kappa shape index (κ1) is 24.9. The number of alkyl halides is 6. The zero-order chi connectivity index (χ0) is 24.4. The molecule has 1 N–H and O–H groups in total. The van der Waals surface area contributed by atoms with Crippen LogP contribution in [0.3, 0.4) is 0 Å². The smallest absolute Gasteiger partial charge is 0.460 e. The number of hydrogen-bond donors (Lipinski definition) is 1. The molecule has 1 heterocycles. The standard InChI is InChI=1S/C15H16F6NO8S2/c1-5(2-9(31(25,26)14(16,17)18)32(27,28)15(19,20)21)29-13(24)22-10-6-3-7-8(4-6)12(23)30-11(7)10/h5-8,10-11H,2-4H2,1H3,(H,22,24)/q-1. The van der Waals surface area contributed by atoms with E-state index in [9.17, 15) is 52.8 Å². The summed E-state index contributed by atoms with van der Waals surface area (Å²) in [5, 5.41) is 2.31. The lowest BCUT2D eigenvalue weighted by Gasteiger charge is -2.33. The predicted octanol–water partition coefficient (Wildman–Crippen LogP) is 1.80. The molecular weight excluding hydrogens is 500 g/mol. The van der Waals surface area contributed by atoms with Crippen molar-refractivity contribution in [3.05, 3.63) is 4.58 Å². The van der Waals surface area contributed by atoms with Gasteiger partial charge in [-0.25, -0.2) is 4.79 Å². The van der Waals surface area contributed by atoms with E-state index in [4.69, 9.17) is 4.74 Å². The highest BCUT2D eigenvalue weighted by Gasteiger charge is 2.62. The van der Waals surface area contributed by atoms with Gasteiger partial charge >= 0.3 is 23.1 Å². The summed E-state index contributed by atoms with van der Waals surface area (Å²) in [6.07, 6.45) is -4.92. The normalized spacial score (nSPS) is 31.0. The number of halogens is 6. The molecule has 6 atom stereocenters. The quantitative estimate of drug-likeness (QED) is 0.321. The molecule has 0 aromatic heterocycles. The maximum absolute atomic E-state index is 12.8.